The fourth-order valence-corrected chi connectivity index (χ4v) is 2.24. The smallest absolute Gasteiger partial charge is 0.273 e. The van der Waals surface area contributed by atoms with E-state index >= 15 is 0 Å². The van der Waals surface area contributed by atoms with Crippen LogP contribution in [0.2, 0.25) is 0 Å². The molecular formula is C16H13N3O3. The number of hydrogen-bond acceptors (Lipinski definition) is 4. The van der Waals surface area contributed by atoms with E-state index < -0.39 is 4.92 Å². The Hall–Kier alpha value is -3.15. The first kappa shape index (κ1) is 13.8. The second kappa shape index (κ2) is 5.69. The lowest BCUT2D eigenvalue weighted by molar-refractivity contribution is -0.384. The van der Waals surface area contributed by atoms with Gasteiger partial charge >= 0.3 is 0 Å². The van der Waals surface area contributed by atoms with Crippen LogP contribution < -0.4 is 0 Å². The molecule has 0 fully saturated rings. The molecule has 3 aromatic rings. The minimum Gasteiger partial charge on any atom is -0.507 e. The average molecular weight is 295 g/mol. The summed E-state index contributed by atoms with van der Waals surface area (Å²) in [5.74, 6) is -0.131. The zero-order valence-corrected chi connectivity index (χ0v) is 11.6. The molecule has 0 saturated heterocycles. The molecule has 1 N–H and O–H groups in total. The summed E-state index contributed by atoms with van der Waals surface area (Å²) in [5, 5.41) is 24.9. The first-order valence-electron chi connectivity index (χ1n) is 6.67. The van der Waals surface area contributed by atoms with E-state index in [-0.39, 0.29) is 11.4 Å². The van der Waals surface area contributed by atoms with E-state index in [1.165, 1.54) is 12.1 Å². The van der Waals surface area contributed by atoms with Gasteiger partial charge in [-0.25, -0.2) is 0 Å². The highest BCUT2D eigenvalue weighted by molar-refractivity contribution is 5.70. The molecule has 2 aromatic carbocycles. The van der Waals surface area contributed by atoms with Crippen LogP contribution in [0, 0.1) is 10.1 Å². The van der Waals surface area contributed by atoms with Crippen LogP contribution in [0.4, 0.5) is 5.69 Å². The summed E-state index contributed by atoms with van der Waals surface area (Å²) >= 11 is 0. The fraction of sp³-hybridized carbons (Fsp3) is 0.0625. The zero-order chi connectivity index (χ0) is 15.5. The second-order valence-electron chi connectivity index (χ2n) is 4.87. The fourth-order valence-electron chi connectivity index (χ4n) is 2.24. The maximum atomic E-state index is 10.7. The van der Waals surface area contributed by atoms with Gasteiger partial charge in [0.1, 0.15) is 5.75 Å². The predicted octanol–water partition coefficient (Wildman–Crippen LogP) is 3.21. The highest BCUT2D eigenvalue weighted by Crippen LogP contribution is 2.32. The van der Waals surface area contributed by atoms with Crippen LogP contribution in [0.15, 0.2) is 60.9 Å². The van der Waals surface area contributed by atoms with Gasteiger partial charge in [0.05, 0.1) is 23.7 Å². The summed E-state index contributed by atoms with van der Waals surface area (Å²) < 4.78 is 1.76. The van der Waals surface area contributed by atoms with Gasteiger partial charge in [-0.05, 0) is 11.6 Å². The number of aromatic nitrogens is 2. The van der Waals surface area contributed by atoms with Gasteiger partial charge in [-0.3, -0.25) is 14.8 Å². The maximum Gasteiger partial charge on any atom is 0.273 e. The van der Waals surface area contributed by atoms with Crippen LogP contribution >= 0.6 is 0 Å². The summed E-state index contributed by atoms with van der Waals surface area (Å²) in [4.78, 5) is 10.1. The Bertz CT molecular complexity index is 813. The average Bonchev–Trinajstić information content (AvgIpc) is 2.96. The third-order valence-corrected chi connectivity index (χ3v) is 3.32. The number of nitro benzene ring substituents is 1. The molecule has 0 amide bonds. The molecular weight excluding hydrogens is 282 g/mol. The van der Waals surface area contributed by atoms with E-state index in [0.29, 0.717) is 17.7 Å². The molecule has 0 aliphatic carbocycles. The lowest BCUT2D eigenvalue weighted by Gasteiger charge is -2.02. The lowest BCUT2D eigenvalue weighted by atomic mass is 10.1. The highest BCUT2D eigenvalue weighted by Gasteiger charge is 2.12. The molecule has 6 nitrogen and oxygen atoms in total. The van der Waals surface area contributed by atoms with Crippen LogP contribution in [0.5, 0.6) is 5.75 Å². The summed E-state index contributed by atoms with van der Waals surface area (Å²) in [6.07, 6.45) is 3.43. The molecule has 0 saturated carbocycles. The van der Waals surface area contributed by atoms with Crippen molar-refractivity contribution in [1.29, 1.82) is 0 Å². The maximum absolute atomic E-state index is 10.7. The van der Waals surface area contributed by atoms with Gasteiger partial charge in [0.15, 0.2) is 0 Å². The van der Waals surface area contributed by atoms with Crippen molar-refractivity contribution in [2.24, 2.45) is 0 Å². The summed E-state index contributed by atoms with van der Waals surface area (Å²) in [7, 11) is 0. The molecule has 6 heteroatoms. The first-order chi connectivity index (χ1) is 10.6. The topological polar surface area (TPSA) is 81.2 Å². The Kier molecular flexibility index (Phi) is 3.57. The zero-order valence-electron chi connectivity index (χ0n) is 11.6. The minimum atomic E-state index is -0.539. The van der Waals surface area contributed by atoms with E-state index in [0.717, 1.165) is 11.6 Å². The quantitative estimate of drug-likeness (QED) is 0.592. The normalized spacial score (nSPS) is 10.5. The van der Waals surface area contributed by atoms with E-state index in [2.05, 4.69) is 5.10 Å². The number of phenols is 1. The van der Waals surface area contributed by atoms with Crippen molar-refractivity contribution in [1.82, 2.24) is 9.78 Å². The molecule has 3 rings (SSSR count). The largest absolute Gasteiger partial charge is 0.507 e. The van der Waals surface area contributed by atoms with Crippen LogP contribution in [0.3, 0.4) is 0 Å². The van der Waals surface area contributed by atoms with Crippen molar-refractivity contribution in [3.05, 3.63) is 76.6 Å². The van der Waals surface area contributed by atoms with E-state index in [4.69, 9.17) is 0 Å². The number of nitro groups is 1. The molecule has 110 valence electrons. The van der Waals surface area contributed by atoms with Gasteiger partial charge in [0.25, 0.3) is 5.69 Å². The van der Waals surface area contributed by atoms with E-state index in [1.54, 1.807) is 17.1 Å². The standard InChI is InChI=1S/C16H13N3O3/c20-16-8-14(19(21)22)6-7-15(16)13-9-17-18(11-13)10-12-4-2-1-3-5-12/h1-9,11,20H,10H2. The molecule has 0 radical (unpaired) electrons. The van der Waals surface area contributed by atoms with Crippen molar-refractivity contribution >= 4 is 5.69 Å². The van der Waals surface area contributed by atoms with Crippen molar-refractivity contribution in [2.45, 2.75) is 6.54 Å². The van der Waals surface area contributed by atoms with Gasteiger partial charge in [0.2, 0.25) is 0 Å². The van der Waals surface area contributed by atoms with Gasteiger partial charge in [-0.15, -0.1) is 0 Å². The summed E-state index contributed by atoms with van der Waals surface area (Å²) in [5.41, 5.74) is 2.20. The highest BCUT2D eigenvalue weighted by atomic mass is 16.6. The molecule has 0 bridgehead atoms. The molecule has 0 unspecified atom stereocenters. The first-order valence-corrected chi connectivity index (χ1v) is 6.67. The van der Waals surface area contributed by atoms with Crippen molar-refractivity contribution in [3.63, 3.8) is 0 Å². The predicted molar refractivity (Wildman–Crippen MR) is 81.5 cm³/mol. The number of benzene rings is 2. The monoisotopic (exact) mass is 295 g/mol. The summed E-state index contributed by atoms with van der Waals surface area (Å²) in [6, 6.07) is 13.9. The third-order valence-electron chi connectivity index (χ3n) is 3.32. The minimum absolute atomic E-state index is 0.131. The SMILES string of the molecule is O=[N+]([O-])c1ccc(-c2cnn(Cc3ccccc3)c2)c(O)c1. The van der Waals surface area contributed by atoms with Gasteiger partial charge in [0, 0.05) is 23.4 Å². The number of nitrogens with zero attached hydrogens (tertiary/aromatic N) is 3. The Balaban J connectivity index is 1.86. The molecule has 0 spiro atoms. The van der Waals surface area contributed by atoms with Gasteiger partial charge in [-0.2, -0.15) is 5.10 Å². The number of non-ortho nitro benzene ring substituents is 1. The molecule has 1 aromatic heterocycles. The van der Waals surface area contributed by atoms with Gasteiger partial charge < -0.3 is 5.11 Å². The number of phenolic OH excluding ortho intramolecular Hbond substituents is 1. The molecule has 0 atom stereocenters. The van der Waals surface area contributed by atoms with E-state index in [1.807, 2.05) is 30.3 Å². The van der Waals surface area contributed by atoms with Crippen molar-refractivity contribution in [2.75, 3.05) is 0 Å². The van der Waals surface area contributed by atoms with Crippen LogP contribution in [0.1, 0.15) is 5.56 Å². The Morgan fingerprint density at radius 3 is 2.64 bits per heavy atom. The second-order valence-corrected chi connectivity index (χ2v) is 4.87. The van der Waals surface area contributed by atoms with Crippen LogP contribution in [0.25, 0.3) is 11.1 Å². The summed E-state index contributed by atoms with van der Waals surface area (Å²) in [6.45, 7) is 0.620. The number of hydrogen-bond donors (Lipinski definition) is 1. The molecule has 0 aliphatic rings. The number of rotatable bonds is 4. The van der Waals surface area contributed by atoms with Gasteiger partial charge in [-0.1, -0.05) is 30.3 Å². The lowest BCUT2D eigenvalue weighted by Crippen LogP contribution is -1.99. The van der Waals surface area contributed by atoms with Crippen LogP contribution in [-0.4, -0.2) is 19.8 Å². The molecule has 0 aliphatic heterocycles. The Morgan fingerprint density at radius 2 is 1.95 bits per heavy atom. The van der Waals surface area contributed by atoms with E-state index in [9.17, 15) is 15.2 Å². The van der Waals surface area contributed by atoms with Crippen LogP contribution in [-0.2, 0) is 6.54 Å². The third kappa shape index (κ3) is 2.80. The Labute approximate surface area is 126 Å². The van der Waals surface area contributed by atoms with Crippen molar-refractivity contribution < 1.29 is 10.0 Å². The number of aromatic hydroxyl groups is 1. The molecule has 22 heavy (non-hydrogen) atoms. The molecule has 1 heterocycles. The van der Waals surface area contributed by atoms with Crippen molar-refractivity contribution in [3.8, 4) is 16.9 Å². The Morgan fingerprint density at radius 1 is 1.18 bits per heavy atom.